The molecule has 1 unspecified atom stereocenters. The van der Waals surface area contributed by atoms with Gasteiger partial charge in [-0.1, -0.05) is 19.1 Å². The van der Waals surface area contributed by atoms with E-state index in [0.29, 0.717) is 12.1 Å². The van der Waals surface area contributed by atoms with Gasteiger partial charge in [0.2, 0.25) is 15.9 Å². The van der Waals surface area contributed by atoms with E-state index in [4.69, 9.17) is 5.73 Å². The number of carbonyl (C=O) groups is 1. The fraction of sp³-hybridized carbons (Fsp3) is 0.417. The highest BCUT2D eigenvalue weighted by atomic mass is 32.2. The summed E-state index contributed by atoms with van der Waals surface area (Å²) in [4.78, 5) is 11.4. The van der Waals surface area contributed by atoms with Crippen LogP contribution in [0.25, 0.3) is 0 Å². The third-order valence-electron chi connectivity index (χ3n) is 2.61. The van der Waals surface area contributed by atoms with E-state index >= 15 is 0 Å². The van der Waals surface area contributed by atoms with E-state index in [-0.39, 0.29) is 0 Å². The van der Waals surface area contributed by atoms with Crippen LogP contribution in [-0.2, 0) is 14.8 Å². The van der Waals surface area contributed by atoms with Crippen LogP contribution in [-0.4, -0.2) is 26.6 Å². The molecule has 1 aromatic rings. The average molecular weight is 270 g/mol. The smallest absolute Gasteiger partial charge is 0.241 e. The van der Waals surface area contributed by atoms with E-state index < -0.39 is 22.0 Å². The van der Waals surface area contributed by atoms with Crippen LogP contribution in [0.2, 0.25) is 0 Å². The highest BCUT2D eigenvalue weighted by molar-refractivity contribution is 7.92. The molecule has 1 aromatic carbocycles. The first-order valence-electron chi connectivity index (χ1n) is 5.62. The van der Waals surface area contributed by atoms with Gasteiger partial charge < -0.3 is 5.73 Å². The first-order chi connectivity index (χ1) is 8.27. The van der Waals surface area contributed by atoms with Gasteiger partial charge >= 0.3 is 0 Å². The van der Waals surface area contributed by atoms with Gasteiger partial charge in [-0.15, -0.1) is 0 Å². The summed E-state index contributed by atoms with van der Waals surface area (Å²) in [6, 6.07) is 6.11. The fourth-order valence-corrected chi connectivity index (χ4v) is 3.06. The summed E-state index contributed by atoms with van der Waals surface area (Å²) in [7, 11) is -3.56. The molecule has 5 nitrogen and oxygen atoms in total. The molecule has 0 aromatic heterocycles. The lowest BCUT2D eigenvalue weighted by Crippen LogP contribution is -2.47. The van der Waals surface area contributed by atoms with Gasteiger partial charge in [0.25, 0.3) is 0 Å². The molecule has 0 spiro atoms. The molecule has 1 atom stereocenters. The quantitative estimate of drug-likeness (QED) is 0.867. The number of hydrogen-bond donors (Lipinski definition) is 1. The first kappa shape index (κ1) is 14.5. The second-order valence-corrected chi connectivity index (χ2v) is 6.08. The zero-order valence-corrected chi connectivity index (χ0v) is 11.6. The number of carbonyl (C=O) groups excluding carboxylic acids is 1. The molecule has 1 rings (SSSR count). The van der Waals surface area contributed by atoms with E-state index in [2.05, 4.69) is 0 Å². The molecule has 0 fully saturated rings. The van der Waals surface area contributed by atoms with Gasteiger partial charge in [-0.25, -0.2) is 8.42 Å². The number of benzene rings is 1. The fourth-order valence-electron chi connectivity index (χ4n) is 1.85. The number of nitrogens with zero attached hydrogens (tertiary/aromatic N) is 1. The van der Waals surface area contributed by atoms with E-state index in [1.165, 1.54) is 0 Å². The minimum absolute atomic E-state index is 0.330. The van der Waals surface area contributed by atoms with Gasteiger partial charge in [0, 0.05) is 0 Å². The number of primary amides is 1. The second-order valence-electron chi connectivity index (χ2n) is 4.22. The molecule has 2 N–H and O–H groups in total. The van der Waals surface area contributed by atoms with Crippen molar-refractivity contribution in [3.8, 4) is 0 Å². The Labute approximate surface area is 108 Å². The average Bonchev–Trinajstić information content (AvgIpc) is 2.23. The molecule has 0 aliphatic heterocycles. The Hall–Kier alpha value is -1.56. The van der Waals surface area contributed by atoms with Crippen LogP contribution in [0.3, 0.4) is 0 Å². The van der Waals surface area contributed by atoms with E-state index in [9.17, 15) is 13.2 Å². The summed E-state index contributed by atoms with van der Waals surface area (Å²) < 4.78 is 24.8. The molecule has 0 saturated heterocycles. The Morgan fingerprint density at radius 1 is 1.44 bits per heavy atom. The lowest BCUT2D eigenvalue weighted by molar-refractivity contribution is -0.119. The lowest BCUT2D eigenvalue weighted by Gasteiger charge is -2.28. The number of sulfonamides is 1. The predicted molar refractivity (Wildman–Crippen MR) is 71.8 cm³/mol. The summed E-state index contributed by atoms with van der Waals surface area (Å²) in [5.41, 5.74) is 6.65. The topological polar surface area (TPSA) is 80.5 Å². The number of aryl methyl sites for hydroxylation is 1. The van der Waals surface area contributed by atoms with Crippen LogP contribution in [0, 0.1) is 6.92 Å². The van der Waals surface area contributed by atoms with E-state index in [0.717, 1.165) is 16.1 Å². The van der Waals surface area contributed by atoms with Crippen LogP contribution in [0.15, 0.2) is 24.3 Å². The maximum atomic E-state index is 11.9. The van der Waals surface area contributed by atoms with Crippen molar-refractivity contribution in [2.45, 2.75) is 26.3 Å². The van der Waals surface area contributed by atoms with E-state index in [1.807, 2.05) is 13.0 Å². The number of anilines is 1. The zero-order valence-electron chi connectivity index (χ0n) is 10.8. The Balaban J connectivity index is 3.35. The van der Waals surface area contributed by atoms with Crippen molar-refractivity contribution in [2.24, 2.45) is 5.73 Å². The molecule has 0 heterocycles. The molecule has 0 radical (unpaired) electrons. The van der Waals surface area contributed by atoms with Crippen molar-refractivity contribution in [1.29, 1.82) is 0 Å². The minimum atomic E-state index is -3.56. The van der Waals surface area contributed by atoms with Crippen LogP contribution >= 0.6 is 0 Å². The highest BCUT2D eigenvalue weighted by Crippen LogP contribution is 2.22. The van der Waals surface area contributed by atoms with Gasteiger partial charge in [-0.05, 0) is 31.0 Å². The SMILES string of the molecule is CCC(C(N)=O)N(c1cccc(C)c1)S(C)(=O)=O. The highest BCUT2D eigenvalue weighted by Gasteiger charge is 2.29. The molecule has 18 heavy (non-hydrogen) atoms. The summed E-state index contributed by atoms with van der Waals surface area (Å²) >= 11 is 0. The molecule has 0 aliphatic carbocycles. The zero-order chi connectivity index (χ0) is 13.9. The van der Waals surface area contributed by atoms with Crippen molar-refractivity contribution >= 4 is 21.6 Å². The monoisotopic (exact) mass is 270 g/mol. The van der Waals surface area contributed by atoms with E-state index in [1.54, 1.807) is 25.1 Å². The second kappa shape index (κ2) is 5.39. The molecule has 100 valence electrons. The summed E-state index contributed by atoms with van der Waals surface area (Å²) in [6.07, 6.45) is 1.40. The normalized spacial score (nSPS) is 13.1. The van der Waals surface area contributed by atoms with Crippen molar-refractivity contribution in [2.75, 3.05) is 10.6 Å². The van der Waals surface area contributed by atoms with Crippen LogP contribution in [0.4, 0.5) is 5.69 Å². The molecule has 0 aliphatic rings. The molecule has 1 amide bonds. The van der Waals surface area contributed by atoms with Crippen LogP contribution < -0.4 is 10.0 Å². The molecular formula is C12H18N2O3S. The lowest BCUT2D eigenvalue weighted by atomic mass is 10.1. The summed E-state index contributed by atoms with van der Waals surface area (Å²) in [6.45, 7) is 3.58. The predicted octanol–water partition coefficient (Wildman–Crippen LogP) is 1.02. The third kappa shape index (κ3) is 3.22. The Bertz CT molecular complexity index is 540. The van der Waals surface area contributed by atoms with Crippen LogP contribution in [0.5, 0.6) is 0 Å². The van der Waals surface area contributed by atoms with Gasteiger partial charge in [0.05, 0.1) is 11.9 Å². The van der Waals surface area contributed by atoms with Gasteiger partial charge in [0.15, 0.2) is 0 Å². The van der Waals surface area contributed by atoms with Crippen molar-refractivity contribution in [3.05, 3.63) is 29.8 Å². The first-order valence-corrected chi connectivity index (χ1v) is 7.47. The molecule has 0 bridgehead atoms. The molecular weight excluding hydrogens is 252 g/mol. The number of rotatable bonds is 5. The summed E-state index contributed by atoms with van der Waals surface area (Å²) in [5.74, 6) is -0.649. The number of nitrogens with two attached hydrogens (primary N) is 1. The number of hydrogen-bond acceptors (Lipinski definition) is 3. The maximum absolute atomic E-state index is 11.9. The van der Waals surface area contributed by atoms with Gasteiger partial charge in [0.1, 0.15) is 6.04 Å². The van der Waals surface area contributed by atoms with Gasteiger partial charge in [-0.3, -0.25) is 9.10 Å². The Kier molecular flexibility index (Phi) is 4.34. The summed E-state index contributed by atoms with van der Waals surface area (Å²) in [5, 5.41) is 0. The Morgan fingerprint density at radius 2 is 2.06 bits per heavy atom. The minimum Gasteiger partial charge on any atom is -0.368 e. The maximum Gasteiger partial charge on any atom is 0.241 e. The van der Waals surface area contributed by atoms with Crippen molar-refractivity contribution in [3.63, 3.8) is 0 Å². The largest absolute Gasteiger partial charge is 0.368 e. The molecule has 6 heteroatoms. The Morgan fingerprint density at radius 3 is 2.44 bits per heavy atom. The standard InChI is InChI=1S/C12H18N2O3S/c1-4-11(12(13)15)14(18(3,16)17)10-7-5-6-9(2)8-10/h5-8,11H,4H2,1-3H3,(H2,13,15). The van der Waals surface area contributed by atoms with Crippen molar-refractivity contribution in [1.82, 2.24) is 0 Å². The number of amides is 1. The van der Waals surface area contributed by atoms with Crippen molar-refractivity contribution < 1.29 is 13.2 Å². The third-order valence-corrected chi connectivity index (χ3v) is 3.79. The van der Waals surface area contributed by atoms with Crippen LogP contribution in [0.1, 0.15) is 18.9 Å². The molecule has 0 saturated carbocycles. The van der Waals surface area contributed by atoms with Gasteiger partial charge in [-0.2, -0.15) is 0 Å².